The molecule has 1 aromatic heterocycles. The molecule has 1 aliphatic rings. The van der Waals surface area contributed by atoms with Crippen molar-refractivity contribution in [2.45, 2.75) is 65.1 Å². The summed E-state index contributed by atoms with van der Waals surface area (Å²) in [6.07, 6.45) is 3.71. The van der Waals surface area contributed by atoms with Crippen LogP contribution in [0.1, 0.15) is 51.3 Å². The van der Waals surface area contributed by atoms with E-state index in [1.807, 2.05) is 13.0 Å². The van der Waals surface area contributed by atoms with E-state index in [1.54, 1.807) is 0 Å². The average Bonchev–Trinajstić information content (AvgIpc) is 2.43. The van der Waals surface area contributed by atoms with Crippen LogP contribution >= 0.6 is 0 Å². The molecule has 1 aromatic rings. The largest absolute Gasteiger partial charge is 0.475 e. The molecule has 4 heteroatoms. The predicted molar refractivity (Wildman–Crippen MR) is 84.7 cm³/mol. The van der Waals surface area contributed by atoms with Crippen LogP contribution in [-0.4, -0.2) is 29.8 Å². The molecule has 1 aliphatic heterocycles. The van der Waals surface area contributed by atoms with Gasteiger partial charge < -0.3 is 14.8 Å². The van der Waals surface area contributed by atoms with Gasteiger partial charge in [-0.3, -0.25) is 0 Å². The first-order valence-corrected chi connectivity index (χ1v) is 7.89. The molecule has 0 radical (unpaired) electrons. The summed E-state index contributed by atoms with van der Waals surface area (Å²) in [5, 5.41) is 3.49. The Hall–Kier alpha value is -1.13. The van der Waals surface area contributed by atoms with Gasteiger partial charge in [0.05, 0.1) is 6.10 Å². The highest BCUT2D eigenvalue weighted by molar-refractivity contribution is 5.24. The van der Waals surface area contributed by atoms with E-state index in [0.29, 0.717) is 12.5 Å². The van der Waals surface area contributed by atoms with Crippen LogP contribution in [0.3, 0.4) is 0 Å². The van der Waals surface area contributed by atoms with Gasteiger partial charge in [0, 0.05) is 30.5 Å². The highest BCUT2D eigenvalue weighted by atomic mass is 16.5. The number of pyridine rings is 1. The molecular formula is C17H28N2O2. The smallest absolute Gasteiger partial charge is 0.213 e. The van der Waals surface area contributed by atoms with E-state index in [2.05, 4.69) is 37.1 Å². The first-order valence-electron chi connectivity index (χ1n) is 7.89. The summed E-state index contributed by atoms with van der Waals surface area (Å²) in [4.78, 5) is 4.46. The molecule has 0 amide bonds. The van der Waals surface area contributed by atoms with Crippen LogP contribution in [0.25, 0.3) is 0 Å². The molecule has 2 heterocycles. The topological polar surface area (TPSA) is 43.4 Å². The summed E-state index contributed by atoms with van der Waals surface area (Å²) >= 11 is 0. The van der Waals surface area contributed by atoms with E-state index >= 15 is 0 Å². The van der Waals surface area contributed by atoms with Crippen molar-refractivity contribution in [2.75, 3.05) is 13.2 Å². The van der Waals surface area contributed by atoms with Crippen molar-refractivity contribution < 1.29 is 9.47 Å². The molecular weight excluding hydrogens is 264 g/mol. The number of hydrogen-bond donors (Lipinski definition) is 1. The second kappa shape index (κ2) is 7.23. The lowest BCUT2D eigenvalue weighted by atomic mass is 10.1. The third-order valence-corrected chi connectivity index (χ3v) is 3.50. The summed E-state index contributed by atoms with van der Waals surface area (Å²) in [5.41, 5.74) is 2.30. The zero-order valence-corrected chi connectivity index (χ0v) is 13.7. The predicted octanol–water partition coefficient (Wildman–Crippen LogP) is 3.23. The van der Waals surface area contributed by atoms with E-state index in [0.717, 1.165) is 25.3 Å². The molecule has 0 aliphatic carbocycles. The molecule has 2 rings (SSSR count). The van der Waals surface area contributed by atoms with Gasteiger partial charge in [-0.1, -0.05) is 0 Å². The Bertz CT molecular complexity index is 449. The lowest BCUT2D eigenvalue weighted by molar-refractivity contribution is -0.0119. The van der Waals surface area contributed by atoms with E-state index < -0.39 is 0 Å². The number of ether oxygens (including phenoxy) is 2. The molecule has 0 aromatic carbocycles. The van der Waals surface area contributed by atoms with Gasteiger partial charge in [-0.2, -0.15) is 0 Å². The van der Waals surface area contributed by atoms with Crippen molar-refractivity contribution >= 4 is 0 Å². The summed E-state index contributed by atoms with van der Waals surface area (Å²) in [5.74, 6) is 0.704. The number of nitrogens with zero attached hydrogens (tertiary/aromatic N) is 1. The lowest BCUT2D eigenvalue weighted by Gasteiger charge is -2.23. The van der Waals surface area contributed by atoms with E-state index in [1.165, 1.54) is 18.4 Å². The minimum absolute atomic E-state index is 0.105. The van der Waals surface area contributed by atoms with Gasteiger partial charge in [0.15, 0.2) is 0 Å². The number of aryl methyl sites for hydroxylation is 1. The maximum atomic E-state index is 5.84. The minimum Gasteiger partial charge on any atom is -0.475 e. The molecule has 0 saturated carbocycles. The summed E-state index contributed by atoms with van der Waals surface area (Å²) < 4.78 is 11.5. The maximum absolute atomic E-state index is 5.84. The quantitative estimate of drug-likeness (QED) is 0.905. The number of aromatic nitrogens is 1. The summed E-state index contributed by atoms with van der Waals surface area (Å²) in [6.45, 7) is 10.8. The van der Waals surface area contributed by atoms with Gasteiger partial charge in [0.25, 0.3) is 0 Å². The molecule has 1 N–H and O–H groups in total. The molecule has 1 atom stereocenters. The number of nitrogens with one attached hydrogen (secondary N) is 1. The Morgan fingerprint density at radius 2 is 2.14 bits per heavy atom. The van der Waals surface area contributed by atoms with Crippen LogP contribution in [0.4, 0.5) is 0 Å². The molecule has 0 bridgehead atoms. The van der Waals surface area contributed by atoms with Gasteiger partial charge in [-0.05, 0) is 58.6 Å². The monoisotopic (exact) mass is 292 g/mol. The lowest BCUT2D eigenvalue weighted by Crippen LogP contribution is -2.35. The Kier molecular flexibility index (Phi) is 5.59. The molecule has 0 spiro atoms. The molecule has 118 valence electrons. The fourth-order valence-corrected chi connectivity index (χ4v) is 2.37. The van der Waals surface area contributed by atoms with E-state index in [4.69, 9.17) is 9.47 Å². The fraction of sp³-hybridized carbons (Fsp3) is 0.706. The van der Waals surface area contributed by atoms with Crippen molar-refractivity contribution in [2.24, 2.45) is 0 Å². The fourth-order valence-electron chi connectivity index (χ4n) is 2.37. The standard InChI is InChI=1S/C17H28N2O2/c1-13-9-14(11-18-17(2,3)4)10-16(19-13)21-12-15-7-5-6-8-20-15/h9-10,15,18H,5-8,11-12H2,1-4H3. The van der Waals surface area contributed by atoms with Crippen molar-refractivity contribution in [1.29, 1.82) is 0 Å². The zero-order chi connectivity index (χ0) is 15.3. The van der Waals surface area contributed by atoms with Crippen molar-refractivity contribution in [1.82, 2.24) is 10.3 Å². The average molecular weight is 292 g/mol. The molecule has 1 fully saturated rings. The van der Waals surface area contributed by atoms with Crippen LogP contribution < -0.4 is 10.1 Å². The van der Waals surface area contributed by atoms with Gasteiger partial charge in [-0.25, -0.2) is 4.98 Å². The third-order valence-electron chi connectivity index (χ3n) is 3.50. The zero-order valence-electron chi connectivity index (χ0n) is 13.7. The van der Waals surface area contributed by atoms with E-state index in [9.17, 15) is 0 Å². The molecule has 1 saturated heterocycles. The van der Waals surface area contributed by atoms with Crippen molar-refractivity contribution in [3.8, 4) is 5.88 Å². The van der Waals surface area contributed by atoms with Crippen LogP contribution in [0.15, 0.2) is 12.1 Å². The van der Waals surface area contributed by atoms with E-state index in [-0.39, 0.29) is 11.6 Å². The second-order valence-electron chi connectivity index (χ2n) is 6.86. The van der Waals surface area contributed by atoms with Crippen LogP contribution in [0.2, 0.25) is 0 Å². The Labute approximate surface area is 128 Å². The van der Waals surface area contributed by atoms with Gasteiger partial charge in [-0.15, -0.1) is 0 Å². The van der Waals surface area contributed by atoms with Crippen LogP contribution in [0.5, 0.6) is 5.88 Å². The maximum Gasteiger partial charge on any atom is 0.213 e. The second-order valence-corrected chi connectivity index (χ2v) is 6.86. The highest BCUT2D eigenvalue weighted by Crippen LogP contribution is 2.17. The molecule has 21 heavy (non-hydrogen) atoms. The third kappa shape index (κ3) is 6.02. The van der Waals surface area contributed by atoms with Gasteiger partial charge >= 0.3 is 0 Å². The first kappa shape index (κ1) is 16.2. The Morgan fingerprint density at radius 3 is 2.81 bits per heavy atom. The minimum atomic E-state index is 0.105. The number of rotatable bonds is 5. The first-order chi connectivity index (χ1) is 9.92. The van der Waals surface area contributed by atoms with Crippen LogP contribution in [0, 0.1) is 6.92 Å². The van der Waals surface area contributed by atoms with Gasteiger partial charge in [0.2, 0.25) is 5.88 Å². The number of hydrogen-bond acceptors (Lipinski definition) is 4. The normalized spacial score (nSPS) is 19.5. The Balaban J connectivity index is 1.91. The van der Waals surface area contributed by atoms with Gasteiger partial charge in [0.1, 0.15) is 6.61 Å². The molecule has 4 nitrogen and oxygen atoms in total. The molecule has 1 unspecified atom stereocenters. The van der Waals surface area contributed by atoms with Crippen molar-refractivity contribution in [3.05, 3.63) is 23.4 Å². The highest BCUT2D eigenvalue weighted by Gasteiger charge is 2.15. The SMILES string of the molecule is Cc1cc(CNC(C)(C)C)cc(OCC2CCCCO2)n1. The van der Waals surface area contributed by atoms with Crippen molar-refractivity contribution in [3.63, 3.8) is 0 Å². The summed E-state index contributed by atoms with van der Waals surface area (Å²) in [6, 6.07) is 4.12. The van der Waals surface area contributed by atoms with Crippen LogP contribution in [-0.2, 0) is 11.3 Å². The Morgan fingerprint density at radius 1 is 1.33 bits per heavy atom. The summed E-state index contributed by atoms with van der Waals surface area (Å²) in [7, 11) is 0.